The molecule has 3 heteroatoms. The molecule has 0 amide bonds. The molecule has 18 heavy (non-hydrogen) atoms. The van der Waals surface area contributed by atoms with Crippen molar-refractivity contribution in [3.63, 3.8) is 0 Å². The Kier molecular flexibility index (Phi) is 5.17. The molecule has 1 atom stereocenters. The molecule has 0 fully saturated rings. The van der Waals surface area contributed by atoms with Crippen LogP contribution in [0.5, 0.6) is 0 Å². The molecule has 0 aliphatic rings. The summed E-state index contributed by atoms with van der Waals surface area (Å²) >= 11 is 6.17. The van der Waals surface area contributed by atoms with E-state index < -0.39 is 0 Å². The summed E-state index contributed by atoms with van der Waals surface area (Å²) in [5, 5.41) is 0.487. The van der Waals surface area contributed by atoms with Gasteiger partial charge in [-0.3, -0.25) is 0 Å². The van der Waals surface area contributed by atoms with E-state index >= 15 is 0 Å². The summed E-state index contributed by atoms with van der Waals surface area (Å²) in [5.41, 5.74) is 7.56. The SMILES string of the molecule is C=C(C)C(=C/N)/C(Cl)=C\C(C)c1ccccc1F. The monoisotopic (exact) mass is 265 g/mol. The first-order valence-electron chi connectivity index (χ1n) is 5.67. The number of hydrogen-bond donors (Lipinski definition) is 1. The smallest absolute Gasteiger partial charge is 0.126 e. The van der Waals surface area contributed by atoms with Gasteiger partial charge in [0.25, 0.3) is 0 Å². The first-order chi connectivity index (χ1) is 8.47. The quantitative estimate of drug-likeness (QED) is 0.799. The van der Waals surface area contributed by atoms with Gasteiger partial charge in [-0.15, -0.1) is 0 Å². The van der Waals surface area contributed by atoms with Gasteiger partial charge in [0.2, 0.25) is 0 Å². The Balaban J connectivity index is 3.03. The van der Waals surface area contributed by atoms with Gasteiger partial charge in [0.05, 0.1) is 0 Å². The van der Waals surface area contributed by atoms with Crippen LogP contribution in [0.2, 0.25) is 0 Å². The van der Waals surface area contributed by atoms with Crippen LogP contribution in [0.4, 0.5) is 4.39 Å². The van der Waals surface area contributed by atoms with E-state index in [1.165, 1.54) is 12.3 Å². The maximum Gasteiger partial charge on any atom is 0.126 e. The summed E-state index contributed by atoms with van der Waals surface area (Å²) in [6.45, 7) is 7.50. The molecule has 1 aromatic rings. The Morgan fingerprint density at radius 1 is 1.44 bits per heavy atom. The van der Waals surface area contributed by atoms with Gasteiger partial charge < -0.3 is 5.73 Å². The summed E-state index contributed by atoms with van der Waals surface area (Å²) in [6.07, 6.45) is 3.18. The second-order valence-corrected chi connectivity index (χ2v) is 4.59. The second kappa shape index (κ2) is 6.41. The molecule has 1 unspecified atom stereocenters. The minimum Gasteiger partial charge on any atom is -0.404 e. The molecule has 0 aliphatic heterocycles. The number of benzene rings is 1. The van der Waals surface area contributed by atoms with Crippen LogP contribution in [0.3, 0.4) is 0 Å². The van der Waals surface area contributed by atoms with Crippen molar-refractivity contribution in [1.82, 2.24) is 0 Å². The maximum absolute atomic E-state index is 13.6. The van der Waals surface area contributed by atoms with Crippen LogP contribution in [0.15, 0.2) is 59.3 Å². The van der Waals surface area contributed by atoms with Gasteiger partial charge in [0, 0.05) is 22.7 Å². The van der Waals surface area contributed by atoms with Crippen LogP contribution in [-0.4, -0.2) is 0 Å². The minimum absolute atomic E-state index is 0.131. The van der Waals surface area contributed by atoms with E-state index in [1.54, 1.807) is 24.3 Å². The number of halogens is 2. The number of hydrogen-bond acceptors (Lipinski definition) is 1. The lowest BCUT2D eigenvalue weighted by molar-refractivity contribution is 0.605. The summed E-state index contributed by atoms with van der Waals surface area (Å²) in [6, 6.07) is 6.64. The zero-order valence-corrected chi connectivity index (χ0v) is 11.3. The molecule has 96 valence electrons. The van der Waals surface area contributed by atoms with Crippen LogP contribution < -0.4 is 5.73 Å². The highest BCUT2D eigenvalue weighted by Crippen LogP contribution is 2.27. The van der Waals surface area contributed by atoms with E-state index in [1.807, 2.05) is 13.8 Å². The molecule has 0 spiro atoms. The van der Waals surface area contributed by atoms with E-state index in [4.69, 9.17) is 17.3 Å². The van der Waals surface area contributed by atoms with Gasteiger partial charge in [-0.2, -0.15) is 0 Å². The fourth-order valence-corrected chi connectivity index (χ4v) is 2.08. The molecule has 0 aromatic heterocycles. The highest BCUT2D eigenvalue weighted by molar-refractivity contribution is 6.32. The fraction of sp³-hybridized carbons (Fsp3) is 0.200. The number of nitrogens with two attached hydrogens (primary N) is 1. The van der Waals surface area contributed by atoms with Gasteiger partial charge in [0.1, 0.15) is 5.82 Å². The Bertz CT molecular complexity index is 503. The summed E-state index contributed by atoms with van der Waals surface area (Å²) in [7, 11) is 0. The van der Waals surface area contributed by atoms with Gasteiger partial charge in [-0.05, 0) is 24.1 Å². The second-order valence-electron chi connectivity index (χ2n) is 4.19. The molecule has 2 N–H and O–H groups in total. The summed E-state index contributed by atoms with van der Waals surface area (Å²) in [4.78, 5) is 0. The predicted molar refractivity (Wildman–Crippen MR) is 75.8 cm³/mol. The first-order valence-corrected chi connectivity index (χ1v) is 6.05. The zero-order chi connectivity index (χ0) is 13.7. The Morgan fingerprint density at radius 3 is 2.56 bits per heavy atom. The fourth-order valence-electron chi connectivity index (χ4n) is 1.67. The Labute approximate surface area is 112 Å². The van der Waals surface area contributed by atoms with Crippen molar-refractivity contribution in [3.05, 3.63) is 70.7 Å². The molecule has 0 saturated heterocycles. The third-order valence-corrected chi connectivity index (χ3v) is 3.01. The predicted octanol–water partition coefficient (Wildman–Crippen LogP) is 4.47. The molecule has 0 aliphatic carbocycles. The molecule has 0 heterocycles. The van der Waals surface area contributed by atoms with E-state index in [0.717, 1.165) is 5.57 Å². The molecule has 0 bridgehead atoms. The summed E-state index contributed by atoms with van der Waals surface area (Å²) < 4.78 is 13.6. The molecule has 1 nitrogen and oxygen atoms in total. The normalized spacial score (nSPS) is 14.4. The van der Waals surface area contributed by atoms with E-state index in [0.29, 0.717) is 16.2 Å². The average molecular weight is 266 g/mol. The van der Waals surface area contributed by atoms with Gasteiger partial charge in [-0.25, -0.2) is 4.39 Å². The highest BCUT2D eigenvalue weighted by Gasteiger charge is 2.10. The first kappa shape index (κ1) is 14.5. The molecule has 0 radical (unpaired) electrons. The topological polar surface area (TPSA) is 26.0 Å². The van der Waals surface area contributed by atoms with Gasteiger partial charge in [-0.1, -0.05) is 49.4 Å². The average Bonchev–Trinajstić information content (AvgIpc) is 2.29. The largest absolute Gasteiger partial charge is 0.404 e. The highest BCUT2D eigenvalue weighted by atomic mass is 35.5. The summed E-state index contributed by atoms with van der Waals surface area (Å²) in [5.74, 6) is -0.368. The van der Waals surface area contributed by atoms with Crippen molar-refractivity contribution in [1.29, 1.82) is 0 Å². The van der Waals surface area contributed by atoms with Crippen molar-refractivity contribution >= 4 is 11.6 Å². The standard InChI is InChI=1S/C15H17ClFN/c1-10(2)13(9-18)14(16)8-11(3)12-6-4-5-7-15(12)17/h4-9,11H,1,18H2,2-3H3/b13-9-,14-8+. The van der Waals surface area contributed by atoms with E-state index in [2.05, 4.69) is 6.58 Å². The van der Waals surface area contributed by atoms with Gasteiger partial charge in [0.15, 0.2) is 0 Å². The lowest BCUT2D eigenvalue weighted by atomic mass is 9.98. The lowest BCUT2D eigenvalue weighted by Crippen LogP contribution is -1.97. The third kappa shape index (κ3) is 3.47. The molecular formula is C15H17ClFN. The van der Waals surface area contributed by atoms with Crippen LogP contribution in [-0.2, 0) is 0 Å². The van der Waals surface area contributed by atoms with E-state index in [-0.39, 0.29) is 11.7 Å². The molecule has 0 saturated carbocycles. The molecule has 1 rings (SSSR count). The van der Waals surface area contributed by atoms with Crippen LogP contribution in [0.1, 0.15) is 25.3 Å². The number of rotatable bonds is 4. The van der Waals surface area contributed by atoms with Crippen molar-refractivity contribution in [2.45, 2.75) is 19.8 Å². The van der Waals surface area contributed by atoms with Crippen molar-refractivity contribution in [2.75, 3.05) is 0 Å². The molecule has 1 aromatic carbocycles. The van der Waals surface area contributed by atoms with Crippen molar-refractivity contribution < 1.29 is 4.39 Å². The van der Waals surface area contributed by atoms with Crippen molar-refractivity contribution in [3.8, 4) is 0 Å². The van der Waals surface area contributed by atoms with Crippen LogP contribution in [0, 0.1) is 5.82 Å². The van der Waals surface area contributed by atoms with E-state index in [9.17, 15) is 4.39 Å². The third-order valence-electron chi connectivity index (χ3n) is 2.68. The Morgan fingerprint density at radius 2 is 2.06 bits per heavy atom. The Hall–Kier alpha value is -1.54. The van der Waals surface area contributed by atoms with Gasteiger partial charge >= 0.3 is 0 Å². The number of allylic oxidation sites excluding steroid dienone is 4. The molecular weight excluding hydrogens is 249 g/mol. The van der Waals surface area contributed by atoms with Crippen LogP contribution >= 0.6 is 11.6 Å². The zero-order valence-electron chi connectivity index (χ0n) is 10.6. The van der Waals surface area contributed by atoms with Crippen LogP contribution in [0.25, 0.3) is 0 Å². The van der Waals surface area contributed by atoms with Crippen molar-refractivity contribution in [2.24, 2.45) is 5.73 Å². The minimum atomic E-state index is -0.237. The maximum atomic E-state index is 13.6. The lowest BCUT2D eigenvalue weighted by Gasteiger charge is -2.11.